The predicted molar refractivity (Wildman–Crippen MR) is 108 cm³/mol. The molecule has 1 atom stereocenters. The van der Waals surface area contributed by atoms with Crippen molar-refractivity contribution < 1.29 is 9.53 Å². The van der Waals surface area contributed by atoms with Crippen molar-refractivity contribution in [2.45, 2.75) is 38.8 Å². The van der Waals surface area contributed by atoms with E-state index in [1.165, 1.54) is 41.4 Å². The second kappa shape index (κ2) is 7.97. The van der Waals surface area contributed by atoms with Crippen LogP contribution in [0.4, 0.5) is 0 Å². The molecule has 0 aliphatic carbocycles. The van der Waals surface area contributed by atoms with Gasteiger partial charge in [0, 0.05) is 17.8 Å². The van der Waals surface area contributed by atoms with Gasteiger partial charge in [0.25, 0.3) is 0 Å². The zero-order valence-corrected chi connectivity index (χ0v) is 15.8. The molecule has 27 heavy (non-hydrogen) atoms. The van der Waals surface area contributed by atoms with E-state index in [9.17, 15) is 4.79 Å². The Labute approximate surface area is 160 Å². The van der Waals surface area contributed by atoms with E-state index >= 15 is 0 Å². The van der Waals surface area contributed by atoms with Crippen LogP contribution in [0.1, 0.15) is 53.8 Å². The van der Waals surface area contributed by atoms with E-state index in [1.807, 2.05) is 31.2 Å². The van der Waals surface area contributed by atoms with Crippen molar-refractivity contribution in [1.82, 2.24) is 9.88 Å². The summed E-state index contributed by atoms with van der Waals surface area (Å²) in [7, 11) is 0. The van der Waals surface area contributed by atoms with Crippen molar-refractivity contribution in [3.8, 4) is 0 Å². The fraction of sp³-hybridized carbons (Fsp3) is 0.348. The number of benzene rings is 2. The molecule has 1 saturated heterocycles. The first kappa shape index (κ1) is 17.8. The molecule has 4 nitrogen and oxygen atoms in total. The number of para-hydroxylation sites is 1. The molecule has 0 saturated carbocycles. The summed E-state index contributed by atoms with van der Waals surface area (Å²) in [5, 5.41) is 1.27. The predicted octanol–water partition coefficient (Wildman–Crippen LogP) is 5.07. The molecule has 140 valence electrons. The minimum Gasteiger partial charge on any atom is -0.462 e. The quantitative estimate of drug-likeness (QED) is 0.644. The number of nitrogens with one attached hydrogen (secondary N) is 1. The second-order valence-corrected chi connectivity index (χ2v) is 7.21. The van der Waals surface area contributed by atoms with E-state index in [1.54, 1.807) is 0 Å². The van der Waals surface area contributed by atoms with Gasteiger partial charge in [0.15, 0.2) is 0 Å². The molecule has 1 aliphatic heterocycles. The number of carbonyl (C=O) groups excluding carboxylic acids is 1. The number of ether oxygens (including phenoxy) is 1. The molecule has 4 rings (SSSR count). The highest BCUT2D eigenvalue weighted by atomic mass is 16.5. The van der Waals surface area contributed by atoms with E-state index in [0.29, 0.717) is 18.2 Å². The van der Waals surface area contributed by atoms with Crippen molar-refractivity contribution in [3.05, 3.63) is 71.4 Å². The Balaban J connectivity index is 1.51. The van der Waals surface area contributed by atoms with E-state index in [4.69, 9.17) is 4.74 Å². The molecule has 3 aromatic rings. The van der Waals surface area contributed by atoms with Crippen LogP contribution in [-0.4, -0.2) is 29.0 Å². The Kier molecular flexibility index (Phi) is 5.26. The lowest BCUT2D eigenvalue weighted by atomic mass is 9.98. The van der Waals surface area contributed by atoms with E-state index < -0.39 is 0 Å². The molecule has 2 aromatic carbocycles. The number of aromatic amines is 1. The third kappa shape index (κ3) is 3.91. The first-order chi connectivity index (χ1) is 13.2. The number of nitrogens with zero attached hydrogens (tertiary/aromatic N) is 1. The van der Waals surface area contributed by atoms with Crippen molar-refractivity contribution in [2.24, 2.45) is 0 Å². The van der Waals surface area contributed by atoms with Gasteiger partial charge in [0.1, 0.15) is 0 Å². The molecule has 1 N–H and O–H groups in total. The lowest BCUT2D eigenvalue weighted by molar-refractivity contribution is 0.0526. The molecule has 1 aromatic heterocycles. The molecule has 1 fully saturated rings. The summed E-state index contributed by atoms with van der Waals surface area (Å²) in [5.74, 6) is -0.252. The van der Waals surface area contributed by atoms with Gasteiger partial charge in [0.05, 0.1) is 18.2 Å². The lowest BCUT2D eigenvalue weighted by Gasteiger charge is -2.35. The molecule has 0 spiro atoms. The zero-order valence-electron chi connectivity index (χ0n) is 15.8. The average molecular weight is 362 g/mol. The Bertz CT molecular complexity index is 881. The number of carbonyl (C=O) groups is 1. The highest BCUT2D eigenvalue weighted by molar-refractivity contribution is 5.89. The fourth-order valence-electron chi connectivity index (χ4n) is 4.00. The number of rotatable bonds is 5. The van der Waals surface area contributed by atoms with Crippen LogP contribution in [0.25, 0.3) is 10.9 Å². The molecule has 2 heterocycles. The third-order valence-electron chi connectivity index (χ3n) is 5.37. The third-order valence-corrected chi connectivity index (χ3v) is 5.37. The van der Waals surface area contributed by atoms with Crippen LogP contribution in [0.15, 0.2) is 54.6 Å². The molecule has 1 unspecified atom stereocenters. The molecular formula is C23H26N2O2. The minimum absolute atomic E-state index is 0.252. The molecule has 0 radical (unpaired) electrons. The first-order valence-corrected chi connectivity index (χ1v) is 9.82. The van der Waals surface area contributed by atoms with Gasteiger partial charge in [-0.05, 0) is 61.5 Å². The number of piperidine rings is 1. The maximum absolute atomic E-state index is 11.8. The highest BCUT2D eigenvalue weighted by Crippen LogP contribution is 2.33. The molecule has 1 aliphatic rings. The van der Waals surface area contributed by atoms with Crippen molar-refractivity contribution in [3.63, 3.8) is 0 Å². The van der Waals surface area contributed by atoms with Crippen LogP contribution in [0.2, 0.25) is 0 Å². The van der Waals surface area contributed by atoms with Gasteiger partial charge >= 0.3 is 5.97 Å². The van der Waals surface area contributed by atoms with Crippen molar-refractivity contribution >= 4 is 16.9 Å². The Morgan fingerprint density at radius 1 is 1.15 bits per heavy atom. The fourth-order valence-corrected chi connectivity index (χ4v) is 4.00. The summed E-state index contributed by atoms with van der Waals surface area (Å²) < 4.78 is 5.07. The summed E-state index contributed by atoms with van der Waals surface area (Å²) in [6.07, 6.45) is 3.67. The molecule has 4 heteroatoms. The van der Waals surface area contributed by atoms with Crippen molar-refractivity contribution in [1.29, 1.82) is 0 Å². The first-order valence-electron chi connectivity index (χ1n) is 9.82. The van der Waals surface area contributed by atoms with Crippen LogP contribution in [0, 0.1) is 0 Å². The van der Waals surface area contributed by atoms with Gasteiger partial charge in [-0.1, -0.05) is 36.8 Å². The van der Waals surface area contributed by atoms with Crippen molar-refractivity contribution in [2.75, 3.05) is 13.2 Å². The van der Waals surface area contributed by atoms with Gasteiger partial charge in [-0.3, -0.25) is 4.90 Å². The summed E-state index contributed by atoms with van der Waals surface area (Å²) in [5.41, 5.74) is 4.35. The van der Waals surface area contributed by atoms with Gasteiger partial charge in [-0.15, -0.1) is 0 Å². The van der Waals surface area contributed by atoms with Crippen LogP contribution >= 0.6 is 0 Å². The maximum Gasteiger partial charge on any atom is 0.338 e. The lowest BCUT2D eigenvalue weighted by Crippen LogP contribution is -2.33. The van der Waals surface area contributed by atoms with E-state index in [0.717, 1.165) is 13.1 Å². The number of hydrogen-bond acceptors (Lipinski definition) is 3. The van der Waals surface area contributed by atoms with Crippen LogP contribution in [0.3, 0.4) is 0 Å². The van der Waals surface area contributed by atoms with Gasteiger partial charge < -0.3 is 9.72 Å². The Morgan fingerprint density at radius 3 is 2.74 bits per heavy atom. The number of hydrogen-bond donors (Lipinski definition) is 1. The largest absolute Gasteiger partial charge is 0.462 e. The SMILES string of the molecule is CCOC(=O)c1ccc(CN2CCCCC2c2cc3ccccc3[nH]2)cc1. The van der Waals surface area contributed by atoms with Gasteiger partial charge in [-0.25, -0.2) is 4.79 Å². The normalized spacial score (nSPS) is 17.9. The molecule has 0 bridgehead atoms. The number of esters is 1. The Morgan fingerprint density at radius 2 is 1.96 bits per heavy atom. The number of likely N-dealkylation sites (tertiary alicyclic amines) is 1. The number of fused-ring (bicyclic) bond motifs is 1. The molecule has 0 amide bonds. The summed E-state index contributed by atoms with van der Waals surface area (Å²) in [6, 6.07) is 19.0. The topological polar surface area (TPSA) is 45.3 Å². The summed E-state index contributed by atoms with van der Waals surface area (Å²) >= 11 is 0. The zero-order chi connectivity index (χ0) is 18.6. The summed E-state index contributed by atoms with van der Waals surface area (Å²) in [6.45, 7) is 4.22. The van der Waals surface area contributed by atoms with Crippen LogP contribution in [-0.2, 0) is 11.3 Å². The number of aromatic nitrogens is 1. The summed E-state index contributed by atoms with van der Waals surface area (Å²) in [4.78, 5) is 18.0. The smallest absolute Gasteiger partial charge is 0.338 e. The monoisotopic (exact) mass is 362 g/mol. The minimum atomic E-state index is -0.252. The van der Waals surface area contributed by atoms with Gasteiger partial charge in [-0.2, -0.15) is 0 Å². The van der Waals surface area contributed by atoms with Gasteiger partial charge in [0.2, 0.25) is 0 Å². The number of H-pyrrole nitrogens is 1. The van der Waals surface area contributed by atoms with Crippen LogP contribution in [0.5, 0.6) is 0 Å². The maximum atomic E-state index is 11.8. The second-order valence-electron chi connectivity index (χ2n) is 7.21. The average Bonchev–Trinajstić information content (AvgIpc) is 3.13. The Hall–Kier alpha value is -2.59. The standard InChI is InChI=1S/C23H26N2O2/c1-2-27-23(26)18-12-10-17(11-13-18)16-25-14-6-5-9-22(25)21-15-19-7-3-4-8-20(19)24-21/h3-4,7-8,10-13,15,22,24H,2,5-6,9,14,16H2,1H3. The van der Waals surface area contributed by atoms with E-state index in [-0.39, 0.29) is 5.97 Å². The molecular weight excluding hydrogens is 336 g/mol. The highest BCUT2D eigenvalue weighted by Gasteiger charge is 2.25. The van der Waals surface area contributed by atoms with Crippen LogP contribution < -0.4 is 0 Å². The van der Waals surface area contributed by atoms with E-state index in [2.05, 4.69) is 40.2 Å².